The van der Waals surface area contributed by atoms with Crippen molar-refractivity contribution in [3.8, 4) is 39.9 Å². The van der Waals surface area contributed by atoms with E-state index in [0.29, 0.717) is 17.5 Å². The van der Waals surface area contributed by atoms with Crippen molar-refractivity contribution in [3.05, 3.63) is 152 Å². The van der Waals surface area contributed by atoms with Crippen molar-refractivity contribution in [2.75, 3.05) is 0 Å². The van der Waals surface area contributed by atoms with Crippen LogP contribution in [0.3, 0.4) is 0 Å². The number of benzene rings is 6. The molecule has 0 bridgehead atoms. The first-order valence-corrected chi connectivity index (χ1v) is 15.9. The van der Waals surface area contributed by atoms with Crippen molar-refractivity contribution in [2.24, 2.45) is 0 Å². The third kappa shape index (κ3) is 4.13. The molecule has 10 aromatic rings. The zero-order valence-electron chi connectivity index (χ0n) is 25.6. The lowest BCUT2D eigenvalue weighted by Crippen LogP contribution is -2.01. The van der Waals surface area contributed by atoms with Gasteiger partial charge in [0, 0.05) is 50.1 Å². The first-order chi connectivity index (χ1) is 23.8. The maximum atomic E-state index is 6.04. The molecule has 0 N–H and O–H groups in total. The third-order valence-corrected chi connectivity index (χ3v) is 9.12. The molecule has 0 amide bonds. The molecule has 4 aromatic heterocycles. The van der Waals surface area contributed by atoms with E-state index < -0.39 is 0 Å². The van der Waals surface area contributed by atoms with Crippen molar-refractivity contribution in [2.45, 2.75) is 0 Å². The number of hydrogen-bond donors (Lipinski definition) is 0. The van der Waals surface area contributed by atoms with E-state index in [1.807, 2.05) is 48.5 Å². The summed E-state index contributed by atoms with van der Waals surface area (Å²) in [5.41, 5.74) is 7.61. The molecule has 10 rings (SSSR count). The largest absolute Gasteiger partial charge is 0.454 e. The van der Waals surface area contributed by atoms with Crippen LogP contribution in [-0.4, -0.2) is 24.5 Å². The number of para-hydroxylation sites is 1. The Morgan fingerprint density at radius 2 is 1.19 bits per heavy atom. The van der Waals surface area contributed by atoms with Gasteiger partial charge in [-0.05, 0) is 59.3 Å². The maximum absolute atomic E-state index is 6.04. The summed E-state index contributed by atoms with van der Waals surface area (Å²) in [6.07, 6.45) is 3.53. The Hall–Kier alpha value is -6.66. The number of fused-ring (bicyclic) bond motifs is 8. The fourth-order valence-electron chi connectivity index (χ4n) is 6.92. The highest BCUT2D eigenvalue weighted by Gasteiger charge is 2.18. The van der Waals surface area contributed by atoms with Gasteiger partial charge in [0.25, 0.3) is 0 Å². The van der Waals surface area contributed by atoms with Crippen LogP contribution in [-0.2, 0) is 0 Å². The number of hydrogen-bond acceptors (Lipinski definition) is 5. The number of rotatable bonds is 4. The molecule has 6 heteroatoms. The summed E-state index contributed by atoms with van der Waals surface area (Å²) in [6, 6.07) is 48.2. The minimum atomic E-state index is 0.595. The fraction of sp³-hybridized carbons (Fsp3) is 0. The molecule has 0 radical (unpaired) electrons. The van der Waals surface area contributed by atoms with Crippen molar-refractivity contribution < 1.29 is 4.42 Å². The highest BCUT2D eigenvalue weighted by atomic mass is 16.3. The molecular formula is C42H25N5O. The highest BCUT2D eigenvalue weighted by molar-refractivity contribution is 6.21. The molecule has 0 saturated carbocycles. The van der Waals surface area contributed by atoms with E-state index in [4.69, 9.17) is 19.4 Å². The summed E-state index contributed by atoms with van der Waals surface area (Å²) in [6.45, 7) is 0. The Morgan fingerprint density at radius 3 is 2.06 bits per heavy atom. The summed E-state index contributed by atoms with van der Waals surface area (Å²) >= 11 is 0. The van der Waals surface area contributed by atoms with Gasteiger partial charge in [-0.3, -0.25) is 4.98 Å². The molecule has 0 aliphatic rings. The zero-order valence-corrected chi connectivity index (χ0v) is 25.6. The molecule has 0 unspecified atom stereocenters. The molecule has 0 aliphatic heterocycles. The normalized spacial score (nSPS) is 11.8. The second kappa shape index (κ2) is 10.4. The van der Waals surface area contributed by atoms with Gasteiger partial charge in [-0.1, -0.05) is 91.0 Å². The SMILES string of the molecule is c1ccc(-c2nc(-c3cccc(-n4c5ccccc5c5c6ccccc6ccc54)c3)nc(-c3ccc4oc5cnccc5c4c3)n2)cc1. The van der Waals surface area contributed by atoms with Crippen LogP contribution in [0.5, 0.6) is 0 Å². The van der Waals surface area contributed by atoms with Gasteiger partial charge in [0.2, 0.25) is 0 Å². The van der Waals surface area contributed by atoms with E-state index in [9.17, 15) is 0 Å². The maximum Gasteiger partial charge on any atom is 0.164 e. The lowest BCUT2D eigenvalue weighted by molar-refractivity contribution is 0.667. The number of aromatic nitrogens is 5. The van der Waals surface area contributed by atoms with Gasteiger partial charge in [0.1, 0.15) is 5.58 Å². The average Bonchev–Trinajstić information content (AvgIpc) is 3.71. The van der Waals surface area contributed by atoms with Crippen LogP contribution in [0.4, 0.5) is 0 Å². The lowest BCUT2D eigenvalue weighted by Gasteiger charge is -2.12. The van der Waals surface area contributed by atoms with Crippen LogP contribution >= 0.6 is 0 Å². The molecule has 0 aliphatic carbocycles. The molecule has 4 heterocycles. The molecule has 0 atom stereocenters. The average molecular weight is 616 g/mol. The first-order valence-electron chi connectivity index (χ1n) is 15.9. The number of furan rings is 1. The summed E-state index contributed by atoms with van der Waals surface area (Å²) in [5.74, 6) is 1.82. The molecule has 6 aromatic carbocycles. The Kier molecular flexibility index (Phi) is 5.77. The molecule has 0 saturated heterocycles. The van der Waals surface area contributed by atoms with Gasteiger partial charge in [-0.15, -0.1) is 0 Å². The van der Waals surface area contributed by atoms with Crippen molar-refractivity contribution >= 4 is 54.5 Å². The van der Waals surface area contributed by atoms with E-state index in [1.54, 1.807) is 12.4 Å². The Labute approximate surface area is 274 Å². The number of nitrogens with zero attached hydrogens (tertiary/aromatic N) is 5. The Bertz CT molecular complexity index is 2850. The van der Waals surface area contributed by atoms with Crippen molar-refractivity contribution in [1.82, 2.24) is 24.5 Å². The van der Waals surface area contributed by atoms with Gasteiger partial charge in [0.15, 0.2) is 23.1 Å². The summed E-state index contributed by atoms with van der Waals surface area (Å²) < 4.78 is 8.39. The van der Waals surface area contributed by atoms with Crippen LogP contribution in [0, 0.1) is 0 Å². The topological polar surface area (TPSA) is 69.6 Å². The van der Waals surface area contributed by atoms with E-state index in [1.165, 1.54) is 21.5 Å². The van der Waals surface area contributed by atoms with Crippen molar-refractivity contribution in [3.63, 3.8) is 0 Å². The monoisotopic (exact) mass is 615 g/mol. The molecular weight excluding hydrogens is 590 g/mol. The second-order valence-corrected chi connectivity index (χ2v) is 11.9. The molecule has 224 valence electrons. The Balaban J connectivity index is 1.18. The summed E-state index contributed by atoms with van der Waals surface area (Å²) in [5, 5.41) is 6.95. The molecule has 6 nitrogen and oxygen atoms in total. The van der Waals surface area contributed by atoms with Crippen LogP contribution in [0.1, 0.15) is 0 Å². The van der Waals surface area contributed by atoms with Crippen LogP contribution in [0.15, 0.2) is 156 Å². The van der Waals surface area contributed by atoms with Gasteiger partial charge >= 0.3 is 0 Å². The van der Waals surface area contributed by atoms with Crippen LogP contribution in [0.25, 0.3) is 94.4 Å². The second-order valence-electron chi connectivity index (χ2n) is 11.9. The number of pyridine rings is 1. The smallest absolute Gasteiger partial charge is 0.164 e. The van der Waals surface area contributed by atoms with Gasteiger partial charge in [0.05, 0.1) is 17.2 Å². The van der Waals surface area contributed by atoms with Gasteiger partial charge in [-0.25, -0.2) is 15.0 Å². The highest BCUT2D eigenvalue weighted by Crippen LogP contribution is 2.38. The third-order valence-electron chi connectivity index (χ3n) is 9.12. The van der Waals surface area contributed by atoms with Crippen LogP contribution in [0.2, 0.25) is 0 Å². The van der Waals surface area contributed by atoms with E-state index >= 15 is 0 Å². The lowest BCUT2D eigenvalue weighted by atomic mass is 10.0. The molecule has 0 fully saturated rings. The van der Waals surface area contributed by atoms with E-state index in [0.717, 1.165) is 55.3 Å². The van der Waals surface area contributed by atoms with Gasteiger partial charge in [-0.2, -0.15) is 0 Å². The van der Waals surface area contributed by atoms with Crippen molar-refractivity contribution in [1.29, 1.82) is 0 Å². The first kappa shape index (κ1) is 26.5. The molecule has 48 heavy (non-hydrogen) atoms. The summed E-state index contributed by atoms with van der Waals surface area (Å²) in [7, 11) is 0. The minimum absolute atomic E-state index is 0.595. The van der Waals surface area contributed by atoms with Crippen LogP contribution < -0.4 is 0 Å². The standard InChI is InChI=1S/C42H25N5O/c1-2-10-27(11-3-1)40-44-41(46-42(45-40)29-18-20-37-34(24-29)32-21-22-43-25-38(32)48-37)28-12-8-13-30(23-28)47-35-16-7-6-15-33(35)39-31-14-5-4-9-26(31)17-19-36(39)47/h1-25H. The summed E-state index contributed by atoms with van der Waals surface area (Å²) in [4.78, 5) is 19.3. The van der Waals surface area contributed by atoms with E-state index in [2.05, 4.69) is 101 Å². The van der Waals surface area contributed by atoms with Gasteiger partial charge < -0.3 is 8.98 Å². The zero-order chi connectivity index (χ0) is 31.6. The fourth-order valence-corrected chi connectivity index (χ4v) is 6.92. The predicted molar refractivity (Wildman–Crippen MR) is 193 cm³/mol. The predicted octanol–water partition coefficient (Wildman–Crippen LogP) is 10.4. The molecule has 0 spiro atoms. The Morgan fingerprint density at radius 1 is 0.458 bits per heavy atom. The minimum Gasteiger partial charge on any atom is -0.454 e. The van der Waals surface area contributed by atoms with E-state index in [-0.39, 0.29) is 0 Å². The quantitative estimate of drug-likeness (QED) is 0.197.